The second-order valence-corrected chi connectivity index (χ2v) is 3.85. The molecule has 1 aromatic carbocycles. The predicted octanol–water partition coefficient (Wildman–Crippen LogP) is 3.31. The van der Waals surface area contributed by atoms with E-state index in [-0.39, 0.29) is 0 Å². The van der Waals surface area contributed by atoms with E-state index in [4.69, 9.17) is 0 Å². The van der Waals surface area contributed by atoms with Crippen LogP contribution in [0, 0.1) is 6.92 Å². The van der Waals surface area contributed by atoms with Gasteiger partial charge in [-0.1, -0.05) is 32.0 Å². The molecule has 0 fully saturated rings. The van der Waals surface area contributed by atoms with Crippen molar-refractivity contribution in [2.45, 2.75) is 26.7 Å². The zero-order valence-electron chi connectivity index (χ0n) is 9.46. The molecule has 14 heavy (non-hydrogen) atoms. The van der Waals surface area contributed by atoms with E-state index in [9.17, 15) is 0 Å². The fourth-order valence-corrected chi connectivity index (χ4v) is 1.60. The van der Waals surface area contributed by atoms with Crippen molar-refractivity contribution in [3.63, 3.8) is 0 Å². The van der Waals surface area contributed by atoms with Crippen LogP contribution < -0.4 is 5.32 Å². The first-order chi connectivity index (χ1) is 6.66. The first-order valence-corrected chi connectivity index (χ1v) is 5.10. The minimum absolute atomic E-state index is 0.575. The molecular weight excluding hydrogens is 170 g/mol. The summed E-state index contributed by atoms with van der Waals surface area (Å²) >= 11 is 0. The average molecular weight is 189 g/mol. The maximum Gasteiger partial charge on any atom is 0.00277 e. The molecule has 1 nitrogen and oxygen atoms in total. The standard InChI is InChI=1S/C13H19N/c1-10(2)12-7-5-6-11(3)13(12)8-9-14-4/h5-10,14H,1-4H3/b9-8-. The van der Waals surface area contributed by atoms with Gasteiger partial charge in [-0.05, 0) is 41.8 Å². The maximum absolute atomic E-state index is 3.03. The molecule has 0 radical (unpaired) electrons. The van der Waals surface area contributed by atoms with E-state index in [0.29, 0.717) is 5.92 Å². The average Bonchev–Trinajstić information content (AvgIpc) is 2.15. The van der Waals surface area contributed by atoms with Crippen molar-refractivity contribution in [3.05, 3.63) is 41.1 Å². The lowest BCUT2D eigenvalue weighted by molar-refractivity contribution is 0.861. The van der Waals surface area contributed by atoms with Crippen LogP contribution in [0.1, 0.15) is 36.5 Å². The minimum Gasteiger partial charge on any atom is -0.394 e. The summed E-state index contributed by atoms with van der Waals surface area (Å²) in [4.78, 5) is 0. The minimum atomic E-state index is 0.575. The Balaban J connectivity index is 3.15. The molecule has 0 aliphatic carbocycles. The van der Waals surface area contributed by atoms with Gasteiger partial charge in [-0.25, -0.2) is 0 Å². The SMILES string of the molecule is CN/C=C\c1c(C)cccc1C(C)C. The smallest absolute Gasteiger partial charge is 0.00277 e. The third-order valence-electron chi connectivity index (χ3n) is 2.40. The van der Waals surface area contributed by atoms with Crippen molar-refractivity contribution in [3.8, 4) is 0 Å². The summed E-state index contributed by atoms with van der Waals surface area (Å²) in [6.45, 7) is 6.61. The van der Waals surface area contributed by atoms with Gasteiger partial charge in [0.1, 0.15) is 0 Å². The van der Waals surface area contributed by atoms with E-state index >= 15 is 0 Å². The van der Waals surface area contributed by atoms with Crippen LogP contribution in [0.4, 0.5) is 0 Å². The van der Waals surface area contributed by atoms with Crippen molar-refractivity contribution in [2.75, 3.05) is 7.05 Å². The fourth-order valence-electron chi connectivity index (χ4n) is 1.60. The topological polar surface area (TPSA) is 12.0 Å². The van der Waals surface area contributed by atoms with Crippen LogP contribution in [0.15, 0.2) is 24.4 Å². The summed E-state index contributed by atoms with van der Waals surface area (Å²) in [5.74, 6) is 0.575. The first-order valence-electron chi connectivity index (χ1n) is 5.10. The number of hydrogen-bond acceptors (Lipinski definition) is 1. The second kappa shape index (κ2) is 4.85. The van der Waals surface area contributed by atoms with Crippen LogP contribution in [-0.4, -0.2) is 7.05 Å². The molecule has 0 bridgehead atoms. The van der Waals surface area contributed by atoms with E-state index in [1.807, 2.05) is 13.2 Å². The molecule has 0 aromatic heterocycles. The summed E-state index contributed by atoms with van der Waals surface area (Å²) in [7, 11) is 1.92. The van der Waals surface area contributed by atoms with Crippen molar-refractivity contribution < 1.29 is 0 Å². The Morgan fingerprint density at radius 3 is 2.57 bits per heavy atom. The summed E-state index contributed by atoms with van der Waals surface area (Å²) in [5, 5.41) is 3.03. The third kappa shape index (κ3) is 2.38. The van der Waals surface area contributed by atoms with Crippen LogP contribution in [-0.2, 0) is 0 Å². The van der Waals surface area contributed by atoms with Gasteiger partial charge in [-0.3, -0.25) is 0 Å². The molecule has 0 aliphatic rings. The maximum atomic E-state index is 3.03. The van der Waals surface area contributed by atoms with Gasteiger partial charge in [-0.2, -0.15) is 0 Å². The van der Waals surface area contributed by atoms with Gasteiger partial charge >= 0.3 is 0 Å². The van der Waals surface area contributed by atoms with Gasteiger partial charge in [-0.15, -0.1) is 0 Å². The van der Waals surface area contributed by atoms with Crippen LogP contribution in [0.25, 0.3) is 6.08 Å². The lowest BCUT2D eigenvalue weighted by Gasteiger charge is -2.12. The third-order valence-corrected chi connectivity index (χ3v) is 2.40. The molecule has 0 spiro atoms. The highest BCUT2D eigenvalue weighted by atomic mass is 14.8. The Hall–Kier alpha value is -1.24. The van der Waals surface area contributed by atoms with Crippen molar-refractivity contribution in [1.82, 2.24) is 5.32 Å². The molecule has 76 valence electrons. The second-order valence-electron chi connectivity index (χ2n) is 3.85. The fraction of sp³-hybridized carbons (Fsp3) is 0.385. The molecule has 0 saturated heterocycles. The predicted molar refractivity (Wildman–Crippen MR) is 63.4 cm³/mol. The van der Waals surface area contributed by atoms with Gasteiger partial charge in [0, 0.05) is 7.05 Å². The summed E-state index contributed by atoms with van der Waals surface area (Å²) < 4.78 is 0. The number of hydrogen-bond donors (Lipinski definition) is 1. The summed E-state index contributed by atoms with van der Waals surface area (Å²) in [6, 6.07) is 6.48. The largest absolute Gasteiger partial charge is 0.394 e. The Kier molecular flexibility index (Phi) is 3.75. The Bertz CT molecular complexity index is 324. The molecule has 0 unspecified atom stereocenters. The molecule has 1 aromatic rings. The normalized spacial score (nSPS) is 11.2. The number of aryl methyl sites for hydroxylation is 1. The molecule has 1 N–H and O–H groups in total. The first kappa shape index (κ1) is 10.8. The van der Waals surface area contributed by atoms with Gasteiger partial charge in [0.15, 0.2) is 0 Å². The highest BCUT2D eigenvalue weighted by Gasteiger charge is 2.05. The molecule has 0 amide bonds. The Morgan fingerprint density at radius 2 is 2.00 bits per heavy atom. The monoisotopic (exact) mass is 189 g/mol. The van der Waals surface area contributed by atoms with E-state index < -0.39 is 0 Å². The van der Waals surface area contributed by atoms with E-state index in [2.05, 4.69) is 50.4 Å². The van der Waals surface area contributed by atoms with Crippen LogP contribution in [0.3, 0.4) is 0 Å². The van der Waals surface area contributed by atoms with Gasteiger partial charge in [0.05, 0.1) is 0 Å². The van der Waals surface area contributed by atoms with Crippen molar-refractivity contribution in [1.29, 1.82) is 0 Å². The molecule has 1 rings (SSSR count). The van der Waals surface area contributed by atoms with E-state index in [0.717, 1.165) is 0 Å². The molecular formula is C13H19N. The molecule has 0 aliphatic heterocycles. The molecule has 0 atom stereocenters. The van der Waals surface area contributed by atoms with Crippen LogP contribution >= 0.6 is 0 Å². The number of rotatable bonds is 3. The zero-order valence-corrected chi connectivity index (χ0v) is 9.46. The molecule has 0 saturated carbocycles. The summed E-state index contributed by atoms with van der Waals surface area (Å²) in [6.07, 6.45) is 4.12. The Morgan fingerprint density at radius 1 is 1.29 bits per heavy atom. The lowest BCUT2D eigenvalue weighted by Crippen LogP contribution is -1.96. The van der Waals surface area contributed by atoms with Gasteiger partial charge in [0.25, 0.3) is 0 Å². The molecule has 0 heterocycles. The van der Waals surface area contributed by atoms with Gasteiger partial charge in [0.2, 0.25) is 0 Å². The Labute approximate surface area is 86.8 Å². The molecule has 1 heteroatoms. The highest BCUT2D eigenvalue weighted by Crippen LogP contribution is 2.23. The summed E-state index contributed by atoms with van der Waals surface area (Å²) in [5.41, 5.74) is 4.09. The van der Waals surface area contributed by atoms with E-state index in [1.165, 1.54) is 16.7 Å². The van der Waals surface area contributed by atoms with Crippen LogP contribution in [0.2, 0.25) is 0 Å². The van der Waals surface area contributed by atoms with Gasteiger partial charge < -0.3 is 5.32 Å². The van der Waals surface area contributed by atoms with Crippen molar-refractivity contribution >= 4 is 6.08 Å². The quantitative estimate of drug-likeness (QED) is 0.769. The number of nitrogens with one attached hydrogen (secondary N) is 1. The lowest BCUT2D eigenvalue weighted by atomic mass is 9.94. The van der Waals surface area contributed by atoms with Crippen LogP contribution in [0.5, 0.6) is 0 Å². The highest BCUT2D eigenvalue weighted by molar-refractivity contribution is 5.58. The number of benzene rings is 1. The van der Waals surface area contributed by atoms with Crippen molar-refractivity contribution in [2.24, 2.45) is 0 Å². The van der Waals surface area contributed by atoms with E-state index in [1.54, 1.807) is 0 Å². The zero-order chi connectivity index (χ0) is 10.6.